The summed E-state index contributed by atoms with van der Waals surface area (Å²) in [6.07, 6.45) is 1.63. The molecule has 1 aromatic rings. The molecular weight excluding hydrogens is 182 g/mol. The van der Waals surface area contributed by atoms with Gasteiger partial charge in [0.25, 0.3) is 0 Å². The van der Waals surface area contributed by atoms with E-state index in [9.17, 15) is 0 Å². The largest absolute Gasteiger partial charge is 0.341 e. The third kappa shape index (κ3) is 1.08. The molecule has 4 heteroatoms. The lowest BCUT2D eigenvalue weighted by molar-refractivity contribution is 0.0979. The zero-order valence-electron chi connectivity index (χ0n) is 8.53. The first-order valence-corrected chi connectivity index (χ1v) is 5.27. The highest BCUT2D eigenvalue weighted by Gasteiger charge is 2.53. The van der Waals surface area contributed by atoms with E-state index in [1.165, 1.54) is 11.5 Å². The van der Waals surface area contributed by atoms with E-state index in [2.05, 4.69) is 42.0 Å². The molecule has 0 unspecified atom stereocenters. The summed E-state index contributed by atoms with van der Waals surface area (Å²) in [5.74, 6) is 0. The monoisotopic (exact) mass is 197 g/mol. The molecule has 0 atom stereocenters. The van der Waals surface area contributed by atoms with Crippen LogP contribution in [0.3, 0.4) is 0 Å². The first-order valence-electron chi connectivity index (χ1n) is 4.49. The van der Waals surface area contributed by atoms with Gasteiger partial charge in [-0.2, -0.15) is 4.37 Å². The van der Waals surface area contributed by atoms with Crippen molar-refractivity contribution in [3.63, 3.8) is 0 Å². The second kappa shape index (κ2) is 2.44. The third-order valence-electron chi connectivity index (χ3n) is 3.46. The molecule has 1 saturated heterocycles. The van der Waals surface area contributed by atoms with Crippen molar-refractivity contribution in [1.29, 1.82) is 0 Å². The number of aromatic nitrogens is 2. The maximum atomic E-state index is 4.23. The zero-order valence-corrected chi connectivity index (χ0v) is 9.35. The molecule has 1 aliphatic rings. The van der Waals surface area contributed by atoms with Crippen molar-refractivity contribution < 1.29 is 0 Å². The average molecular weight is 197 g/mol. The Morgan fingerprint density at radius 2 is 2.08 bits per heavy atom. The van der Waals surface area contributed by atoms with Crippen molar-refractivity contribution in [3.8, 4) is 0 Å². The predicted octanol–water partition coefficient (Wildman–Crippen LogP) is 2.16. The highest BCUT2D eigenvalue weighted by atomic mass is 32.1. The Bertz CT molecular complexity index is 303. The molecule has 13 heavy (non-hydrogen) atoms. The van der Waals surface area contributed by atoms with Crippen molar-refractivity contribution in [1.82, 2.24) is 9.36 Å². The van der Waals surface area contributed by atoms with Gasteiger partial charge in [0, 0.05) is 29.0 Å². The number of rotatable bonds is 1. The SMILES string of the molecule is CC1(C)CN(c2ncns2)C1(C)C. The van der Waals surface area contributed by atoms with Crippen LogP contribution in [0, 0.1) is 5.41 Å². The van der Waals surface area contributed by atoms with Crippen molar-refractivity contribution in [2.75, 3.05) is 11.4 Å². The van der Waals surface area contributed by atoms with Gasteiger partial charge in [-0.1, -0.05) is 13.8 Å². The van der Waals surface area contributed by atoms with E-state index in [-0.39, 0.29) is 5.54 Å². The smallest absolute Gasteiger partial charge is 0.205 e. The summed E-state index contributed by atoms with van der Waals surface area (Å²) in [7, 11) is 0. The first kappa shape index (κ1) is 8.94. The number of hydrogen-bond acceptors (Lipinski definition) is 4. The van der Waals surface area contributed by atoms with Gasteiger partial charge in [0.2, 0.25) is 5.13 Å². The van der Waals surface area contributed by atoms with Gasteiger partial charge in [-0.15, -0.1) is 0 Å². The van der Waals surface area contributed by atoms with Crippen molar-refractivity contribution in [2.24, 2.45) is 5.41 Å². The predicted molar refractivity (Wildman–Crippen MR) is 55.1 cm³/mol. The Labute approximate surface area is 83.0 Å². The summed E-state index contributed by atoms with van der Waals surface area (Å²) < 4.78 is 4.03. The fourth-order valence-corrected chi connectivity index (χ4v) is 2.33. The van der Waals surface area contributed by atoms with E-state index in [1.54, 1.807) is 6.33 Å². The summed E-state index contributed by atoms with van der Waals surface area (Å²) in [6, 6.07) is 0. The lowest BCUT2D eigenvalue weighted by Gasteiger charge is -2.61. The Morgan fingerprint density at radius 1 is 1.38 bits per heavy atom. The van der Waals surface area contributed by atoms with Gasteiger partial charge in [-0.3, -0.25) is 0 Å². The van der Waals surface area contributed by atoms with Crippen LogP contribution >= 0.6 is 11.5 Å². The third-order valence-corrected chi connectivity index (χ3v) is 4.15. The highest BCUT2D eigenvalue weighted by Crippen LogP contribution is 2.48. The molecular formula is C9H15N3S. The minimum Gasteiger partial charge on any atom is -0.341 e. The molecule has 72 valence electrons. The molecule has 1 aliphatic heterocycles. The van der Waals surface area contributed by atoms with Crippen LogP contribution in [0.25, 0.3) is 0 Å². The molecule has 1 fully saturated rings. The van der Waals surface area contributed by atoms with Crippen LogP contribution in [0.2, 0.25) is 0 Å². The molecule has 0 N–H and O–H groups in total. The Balaban J connectivity index is 2.24. The lowest BCUT2D eigenvalue weighted by Crippen LogP contribution is -2.69. The minimum atomic E-state index is 0.201. The van der Waals surface area contributed by atoms with E-state index >= 15 is 0 Å². The lowest BCUT2D eigenvalue weighted by atomic mass is 9.66. The normalized spacial score (nSPS) is 24.2. The standard InChI is InChI=1S/C9H15N3S/c1-8(2)5-12(9(8,3)4)7-10-6-11-13-7/h6H,5H2,1-4H3. The van der Waals surface area contributed by atoms with Crippen LogP contribution in [0.5, 0.6) is 0 Å². The van der Waals surface area contributed by atoms with Crippen LogP contribution in [-0.4, -0.2) is 21.4 Å². The molecule has 2 rings (SSSR count). The highest BCUT2D eigenvalue weighted by molar-refractivity contribution is 7.09. The van der Waals surface area contributed by atoms with E-state index in [0.717, 1.165) is 11.7 Å². The number of anilines is 1. The molecule has 0 radical (unpaired) electrons. The van der Waals surface area contributed by atoms with Crippen LogP contribution in [0.15, 0.2) is 6.33 Å². The molecule has 3 nitrogen and oxygen atoms in total. The maximum absolute atomic E-state index is 4.23. The van der Waals surface area contributed by atoms with Gasteiger partial charge in [0.15, 0.2) is 0 Å². The van der Waals surface area contributed by atoms with Gasteiger partial charge in [0.05, 0.1) is 0 Å². The summed E-state index contributed by atoms with van der Waals surface area (Å²) in [5, 5.41) is 1.05. The Kier molecular flexibility index (Phi) is 1.68. The molecule has 0 aliphatic carbocycles. The van der Waals surface area contributed by atoms with Gasteiger partial charge in [0.1, 0.15) is 6.33 Å². The van der Waals surface area contributed by atoms with Gasteiger partial charge in [-0.25, -0.2) is 4.98 Å². The molecule has 0 saturated carbocycles. The van der Waals surface area contributed by atoms with Crippen molar-refractivity contribution >= 4 is 16.7 Å². The molecule has 1 aromatic heterocycles. The van der Waals surface area contributed by atoms with Crippen LogP contribution < -0.4 is 4.90 Å². The fraction of sp³-hybridized carbons (Fsp3) is 0.778. The van der Waals surface area contributed by atoms with Crippen LogP contribution in [0.4, 0.5) is 5.13 Å². The molecule has 2 heterocycles. The Morgan fingerprint density at radius 3 is 2.46 bits per heavy atom. The first-order chi connectivity index (χ1) is 5.95. The molecule has 0 aromatic carbocycles. The van der Waals surface area contributed by atoms with Crippen LogP contribution in [0.1, 0.15) is 27.7 Å². The summed E-state index contributed by atoms with van der Waals surface area (Å²) in [6.45, 7) is 10.2. The van der Waals surface area contributed by atoms with E-state index in [0.29, 0.717) is 5.41 Å². The second-order valence-corrected chi connectivity index (χ2v) is 5.51. The van der Waals surface area contributed by atoms with Crippen molar-refractivity contribution in [3.05, 3.63) is 6.33 Å². The average Bonchev–Trinajstić information content (AvgIpc) is 2.52. The number of hydrogen-bond donors (Lipinski definition) is 0. The Hall–Kier alpha value is -0.640. The topological polar surface area (TPSA) is 29.0 Å². The van der Waals surface area contributed by atoms with Gasteiger partial charge in [-0.05, 0) is 13.8 Å². The summed E-state index contributed by atoms with van der Waals surface area (Å²) in [5.41, 5.74) is 0.575. The van der Waals surface area contributed by atoms with Crippen LogP contribution in [-0.2, 0) is 0 Å². The second-order valence-electron chi connectivity index (χ2n) is 4.75. The van der Waals surface area contributed by atoms with E-state index in [1.807, 2.05) is 0 Å². The minimum absolute atomic E-state index is 0.201. The maximum Gasteiger partial charge on any atom is 0.205 e. The zero-order chi connectivity index (χ0) is 9.69. The number of nitrogens with zero attached hydrogens (tertiary/aromatic N) is 3. The van der Waals surface area contributed by atoms with Crippen molar-refractivity contribution in [2.45, 2.75) is 33.2 Å². The van der Waals surface area contributed by atoms with Gasteiger partial charge < -0.3 is 4.90 Å². The van der Waals surface area contributed by atoms with E-state index in [4.69, 9.17) is 0 Å². The summed E-state index contributed by atoms with van der Waals surface area (Å²) >= 11 is 1.47. The molecule has 0 amide bonds. The van der Waals surface area contributed by atoms with E-state index < -0.39 is 0 Å². The molecule has 0 spiro atoms. The fourth-order valence-electron chi connectivity index (χ4n) is 1.65. The quantitative estimate of drug-likeness (QED) is 0.691. The summed E-state index contributed by atoms with van der Waals surface area (Å²) in [4.78, 5) is 6.56. The van der Waals surface area contributed by atoms with Gasteiger partial charge >= 0.3 is 0 Å². The molecule has 0 bridgehead atoms.